The fourth-order valence-electron chi connectivity index (χ4n) is 2.92. The van der Waals surface area contributed by atoms with Gasteiger partial charge in [-0.15, -0.1) is 0 Å². The van der Waals surface area contributed by atoms with Gasteiger partial charge in [0.05, 0.1) is 11.0 Å². The fraction of sp³-hybridized carbons (Fsp3) is 0.500. The zero-order valence-corrected chi connectivity index (χ0v) is 13.8. The van der Waals surface area contributed by atoms with E-state index in [2.05, 4.69) is 57.3 Å². The van der Waals surface area contributed by atoms with Crippen molar-refractivity contribution in [2.24, 2.45) is 5.92 Å². The second-order valence-electron chi connectivity index (χ2n) is 5.15. The lowest BCUT2D eigenvalue weighted by Gasteiger charge is -2.29. The van der Waals surface area contributed by atoms with Crippen LogP contribution >= 0.6 is 34.8 Å². The molecule has 0 radical (unpaired) electrons. The molecular formula is C14H17IN2OS. The van der Waals surface area contributed by atoms with Gasteiger partial charge >= 0.3 is 0 Å². The second kappa shape index (κ2) is 5.54. The predicted octanol–water partition coefficient (Wildman–Crippen LogP) is 4.29. The molecule has 102 valence electrons. The number of ether oxygens (including phenoxy) is 1. The van der Waals surface area contributed by atoms with E-state index < -0.39 is 0 Å². The molecule has 2 heterocycles. The predicted molar refractivity (Wildman–Crippen MR) is 88.1 cm³/mol. The van der Waals surface area contributed by atoms with E-state index in [-0.39, 0.29) is 0 Å². The lowest BCUT2D eigenvalue weighted by Crippen LogP contribution is -2.24. The molecule has 1 aromatic heterocycles. The lowest BCUT2D eigenvalue weighted by atomic mass is 9.92. The molecule has 3 nitrogen and oxygen atoms in total. The maximum atomic E-state index is 5.52. The summed E-state index contributed by atoms with van der Waals surface area (Å²) in [4.78, 5) is 3.33. The Morgan fingerprint density at radius 2 is 2.16 bits per heavy atom. The Morgan fingerprint density at radius 3 is 2.89 bits per heavy atom. The van der Waals surface area contributed by atoms with E-state index in [1.165, 1.54) is 9.09 Å². The summed E-state index contributed by atoms with van der Waals surface area (Å²) in [5.74, 6) is 0.652. The molecule has 1 fully saturated rings. The number of aromatic nitrogens is 2. The van der Waals surface area contributed by atoms with Crippen LogP contribution in [0.2, 0.25) is 0 Å². The number of fused-ring (bicyclic) bond motifs is 1. The molecule has 0 saturated carbocycles. The van der Waals surface area contributed by atoms with Crippen LogP contribution in [0.3, 0.4) is 0 Å². The number of rotatable bonds is 2. The molecule has 1 aliphatic rings. The van der Waals surface area contributed by atoms with E-state index in [1.54, 1.807) is 0 Å². The van der Waals surface area contributed by atoms with Crippen LogP contribution in [-0.4, -0.2) is 22.8 Å². The van der Waals surface area contributed by atoms with Gasteiger partial charge in [-0.05, 0) is 78.7 Å². The molecule has 1 N–H and O–H groups in total. The first-order valence-corrected chi connectivity index (χ1v) is 8.13. The van der Waals surface area contributed by atoms with Crippen molar-refractivity contribution in [3.63, 3.8) is 0 Å². The standard InChI is InChI=1S/C14H17IN2OS/c1-9(10-4-6-18-7-5-10)17-13-3-2-11(15)8-12(13)16-14(17)19/h2-3,8-10H,4-7H2,1H3,(H,16,19). The number of halogens is 1. The summed E-state index contributed by atoms with van der Waals surface area (Å²) in [7, 11) is 0. The van der Waals surface area contributed by atoms with Crippen LogP contribution in [0.15, 0.2) is 18.2 Å². The highest BCUT2D eigenvalue weighted by atomic mass is 127. The Morgan fingerprint density at radius 1 is 1.42 bits per heavy atom. The Kier molecular flexibility index (Phi) is 3.96. The van der Waals surface area contributed by atoms with Gasteiger partial charge in [0.1, 0.15) is 0 Å². The summed E-state index contributed by atoms with van der Waals surface area (Å²) in [6.45, 7) is 4.03. The first-order chi connectivity index (χ1) is 9.16. The number of aromatic amines is 1. The van der Waals surface area contributed by atoms with Gasteiger partial charge < -0.3 is 14.3 Å². The number of H-pyrrole nitrogens is 1. The van der Waals surface area contributed by atoms with Crippen LogP contribution in [0, 0.1) is 14.3 Å². The van der Waals surface area contributed by atoms with Crippen molar-refractivity contribution < 1.29 is 4.74 Å². The molecule has 1 aliphatic heterocycles. The molecular weight excluding hydrogens is 371 g/mol. The number of benzene rings is 1. The van der Waals surface area contributed by atoms with Crippen molar-refractivity contribution in [2.75, 3.05) is 13.2 Å². The minimum absolute atomic E-state index is 0.421. The van der Waals surface area contributed by atoms with E-state index in [4.69, 9.17) is 17.0 Å². The van der Waals surface area contributed by atoms with Crippen molar-refractivity contribution >= 4 is 45.8 Å². The minimum Gasteiger partial charge on any atom is -0.381 e. The van der Waals surface area contributed by atoms with Gasteiger partial charge in [-0.25, -0.2) is 0 Å². The van der Waals surface area contributed by atoms with Gasteiger partial charge in [0.25, 0.3) is 0 Å². The van der Waals surface area contributed by atoms with Crippen molar-refractivity contribution in [1.82, 2.24) is 9.55 Å². The Hall–Kier alpha value is -0.400. The number of imidazole rings is 1. The number of nitrogens with one attached hydrogen (secondary N) is 1. The topological polar surface area (TPSA) is 29.9 Å². The number of hydrogen-bond donors (Lipinski definition) is 1. The summed E-state index contributed by atoms with van der Waals surface area (Å²) in [5, 5.41) is 0. The molecule has 19 heavy (non-hydrogen) atoms. The Bertz CT molecular complexity index is 642. The maximum Gasteiger partial charge on any atom is 0.178 e. The molecule has 1 saturated heterocycles. The normalized spacial score (nSPS) is 18.8. The molecule has 0 aliphatic carbocycles. The first kappa shape index (κ1) is 13.6. The van der Waals surface area contributed by atoms with Gasteiger partial charge in [0.2, 0.25) is 0 Å². The second-order valence-corrected chi connectivity index (χ2v) is 6.78. The molecule has 1 unspecified atom stereocenters. The lowest BCUT2D eigenvalue weighted by molar-refractivity contribution is 0.0517. The van der Waals surface area contributed by atoms with Crippen LogP contribution < -0.4 is 0 Å². The molecule has 5 heteroatoms. The van der Waals surface area contributed by atoms with Gasteiger partial charge in [0.15, 0.2) is 4.77 Å². The quantitative estimate of drug-likeness (QED) is 0.615. The van der Waals surface area contributed by atoms with Gasteiger partial charge in [-0.3, -0.25) is 0 Å². The van der Waals surface area contributed by atoms with Crippen LogP contribution in [0.5, 0.6) is 0 Å². The van der Waals surface area contributed by atoms with E-state index in [1.807, 2.05) is 0 Å². The van der Waals surface area contributed by atoms with Crippen molar-refractivity contribution in [2.45, 2.75) is 25.8 Å². The highest BCUT2D eigenvalue weighted by molar-refractivity contribution is 14.1. The van der Waals surface area contributed by atoms with Crippen LogP contribution in [0.4, 0.5) is 0 Å². The summed E-state index contributed by atoms with van der Waals surface area (Å²) < 4.78 is 9.79. The summed E-state index contributed by atoms with van der Waals surface area (Å²) >= 11 is 7.85. The van der Waals surface area contributed by atoms with Crippen molar-refractivity contribution in [3.8, 4) is 0 Å². The van der Waals surface area contributed by atoms with E-state index >= 15 is 0 Å². The minimum atomic E-state index is 0.421. The van der Waals surface area contributed by atoms with Crippen molar-refractivity contribution in [3.05, 3.63) is 26.5 Å². The van der Waals surface area contributed by atoms with Gasteiger partial charge in [-0.2, -0.15) is 0 Å². The molecule has 0 bridgehead atoms. The van der Waals surface area contributed by atoms with Gasteiger partial charge in [-0.1, -0.05) is 0 Å². The fourth-order valence-corrected chi connectivity index (χ4v) is 3.78. The van der Waals surface area contributed by atoms with Crippen molar-refractivity contribution in [1.29, 1.82) is 0 Å². The number of hydrogen-bond acceptors (Lipinski definition) is 2. The Labute approximate surface area is 131 Å². The SMILES string of the molecule is CC(C1CCOCC1)n1c(=S)[nH]c2cc(I)ccc21. The smallest absolute Gasteiger partial charge is 0.178 e. The Balaban J connectivity index is 2.03. The largest absolute Gasteiger partial charge is 0.381 e. The highest BCUT2D eigenvalue weighted by Crippen LogP contribution is 2.31. The maximum absolute atomic E-state index is 5.52. The third-order valence-corrected chi connectivity index (χ3v) is 5.00. The average molecular weight is 388 g/mol. The molecule has 1 aromatic carbocycles. The summed E-state index contributed by atoms with van der Waals surface area (Å²) in [5.41, 5.74) is 2.35. The summed E-state index contributed by atoms with van der Waals surface area (Å²) in [6.07, 6.45) is 2.25. The van der Waals surface area contributed by atoms with Gasteiger partial charge in [0, 0.05) is 22.8 Å². The summed E-state index contributed by atoms with van der Waals surface area (Å²) in [6, 6.07) is 6.88. The van der Waals surface area contributed by atoms with E-state index in [9.17, 15) is 0 Å². The zero-order chi connectivity index (χ0) is 13.4. The van der Waals surface area contributed by atoms with E-state index in [0.29, 0.717) is 12.0 Å². The monoisotopic (exact) mass is 388 g/mol. The van der Waals surface area contributed by atoms with E-state index in [0.717, 1.165) is 36.3 Å². The highest BCUT2D eigenvalue weighted by Gasteiger charge is 2.23. The zero-order valence-electron chi connectivity index (χ0n) is 10.9. The molecule has 2 aromatic rings. The van der Waals surface area contributed by atoms with Crippen LogP contribution in [0.25, 0.3) is 11.0 Å². The number of nitrogens with zero attached hydrogens (tertiary/aromatic N) is 1. The third-order valence-electron chi connectivity index (χ3n) is 4.03. The molecule has 1 atom stereocenters. The molecule has 0 spiro atoms. The van der Waals surface area contributed by atoms with Crippen LogP contribution in [0.1, 0.15) is 25.8 Å². The molecule has 0 amide bonds. The first-order valence-electron chi connectivity index (χ1n) is 6.64. The van der Waals surface area contributed by atoms with Crippen LogP contribution in [-0.2, 0) is 4.74 Å². The third kappa shape index (κ3) is 2.60. The molecule has 3 rings (SSSR count). The average Bonchev–Trinajstić information content (AvgIpc) is 2.74.